The number of furan rings is 1. The van der Waals surface area contributed by atoms with Crippen molar-refractivity contribution in [2.24, 2.45) is 11.7 Å². The molecule has 2 unspecified atom stereocenters. The van der Waals surface area contributed by atoms with Crippen molar-refractivity contribution in [1.29, 1.82) is 0 Å². The third-order valence-corrected chi connectivity index (χ3v) is 4.43. The Morgan fingerprint density at radius 2 is 2.21 bits per heavy atom. The average Bonchev–Trinajstić information content (AvgIpc) is 2.97. The van der Waals surface area contributed by atoms with Crippen LogP contribution in [0.5, 0.6) is 0 Å². The fourth-order valence-electron chi connectivity index (χ4n) is 3.13. The largest absolute Gasteiger partial charge is 0.451 e. The van der Waals surface area contributed by atoms with Crippen LogP contribution in [0.15, 0.2) is 28.7 Å². The minimum absolute atomic E-state index is 0. The number of amides is 1. The van der Waals surface area contributed by atoms with Crippen LogP contribution >= 0.6 is 12.4 Å². The molecule has 2 N–H and O–H groups in total. The lowest BCUT2D eigenvalue weighted by Crippen LogP contribution is -2.49. The van der Waals surface area contributed by atoms with E-state index in [1.807, 2.05) is 0 Å². The van der Waals surface area contributed by atoms with Crippen LogP contribution in [-0.2, 0) is 0 Å². The van der Waals surface area contributed by atoms with Crippen molar-refractivity contribution in [3.8, 4) is 0 Å². The monoisotopic (exact) mass is 353 g/mol. The molecule has 2 aromatic rings. The summed E-state index contributed by atoms with van der Waals surface area (Å²) in [6, 6.07) is 5.87. The van der Waals surface area contributed by atoms with Crippen LogP contribution in [0.3, 0.4) is 0 Å². The number of nitro groups is 1. The van der Waals surface area contributed by atoms with E-state index in [9.17, 15) is 14.9 Å². The van der Waals surface area contributed by atoms with Crippen LogP contribution in [-0.4, -0.2) is 34.9 Å². The quantitative estimate of drug-likeness (QED) is 0.675. The van der Waals surface area contributed by atoms with E-state index in [0.29, 0.717) is 30.0 Å². The Kier molecular flexibility index (Phi) is 5.46. The first-order valence-corrected chi connectivity index (χ1v) is 7.68. The summed E-state index contributed by atoms with van der Waals surface area (Å²) in [7, 11) is 0. The van der Waals surface area contributed by atoms with Gasteiger partial charge in [-0.05, 0) is 30.9 Å². The van der Waals surface area contributed by atoms with Gasteiger partial charge in [-0.15, -0.1) is 12.4 Å². The fourth-order valence-corrected chi connectivity index (χ4v) is 3.13. The Bertz CT molecular complexity index is 761. The summed E-state index contributed by atoms with van der Waals surface area (Å²) >= 11 is 0. The zero-order valence-electron chi connectivity index (χ0n) is 13.3. The van der Waals surface area contributed by atoms with E-state index in [0.717, 1.165) is 12.8 Å². The molecule has 1 amide bonds. The van der Waals surface area contributed by atoms with Crippen LogP contribution in [0, 0.1) is 16.0 Å². The van der Waals surface area contributed by atoms with Gasteiger partial charge in [0.2, 0.25) is 0 Å². The lowest BCUT2D eigenvalue weighted by atomic mass is 9.92. The second-order valence-corrected chi connectivity index (χ2v) is 6.11. The summed E-state index contributed by atoms with van der Waals surface area (Å²) in [6.07, 6.45) is 1.82. The van der Waals surface area contributed by atoms with Gasteiger partial charge >= 0.3 is 0 Å². The number of likely N-dealkylation sites (tertiary alicyclic amines) is 1. The zero-order chi connectivity index (χ0) is 16.6. The van der Waals surface area contributed by atoms with Crippen LogP contribution in [0.2, 0.25) is 0 Å². The molecule has 1 saturated heterocycles. The molecule has 3 rings (SSSR count). The van der Waals surface area contributed by atoms with Crippen LogP contribution in [0.25, 0.3) is 11.0 Å². The number of hydrogen-bond acceptors (Lipinski definition) is 5. The Balaban J connectivity index is 0.00000208. The number of benzene rings is 1. The van der Waals surface area contributed by atoms with E-state index in [1.54, 1.807) is 11.0 Å². The molecule has 1 aromatic carbocycles. The van der Waals surface area contributed by atoms with Gasteiger partial charge in [-0.25, -0.2) is 0 Å². The number of carbonyl (C=O) groups excluding carboxylic acids is 1. The van der Waals surface area contributed by atoms with Gasteiger partial charge in [-0.1, -0.05) is 6.92 Å². The number of nitro benzene ring substituents is 1. The number of nitrogens with zero attached hydrogens (tertiary/aromatic N) is 2. The van der Waals surface area contributed by atoms with E-state index in [1.165, 1.54) is 18.2 Å². The molecule has 24 heavy (non-hydrogen) atoms. The van der Waals surface area contributed by atoms with Gasteiger partial charge in [0.1, 0.15) is 5.58 Å². The van der Waals surface area contributed by atoms with Crippen LogP contribution in [0.1, 0.15) is 30.3 Å². The topological polar surface area (TPSA) is 103 Å². The van der Waals surface area contributed by atoms with Gasteiger partial charge in [0, 0.05) is 36.7 Å². The molecule has 0 spiro atoms. The normalized spacial score (nSPS) is 20.7. The number of nitrogens with two attached hydrogens (primary N) is 1. The van der Waals surface area contributed by atoms with E-state index < -0.39 is 4.92 Å². The molecule has 130 valence electrons. The highest BCUT2D eigenvalue weighted by atomic mass is 35.5. The maximum Gasteiger partial charge on any atom is 0.289 e. The molecular formula is C16H20ClN3O4. The SMILES string of the molecule is CC1CCN(C(=O)c2cc3cc([N+](=O)[O-])ccc3o2)C(CN)C1.Cl. The minimum Gasteiger partial charge on any atom is -0.451 e. The van der Waals surface area contributed by atoms with Crippen molar-refractivity contribution in [2.75, 3.05) is 13.1 Å². The summed E-state index contributed by atoms with van der Waals surface area (Å²) < 4.78 is 5.58. The molecule has 0 bridgehead atoms. The van der Waals surface area contributed by atoms with Gasteiger partial charge in [-0.2, -0.15) is 0 Å². The smallest absolute Gasteiger partial charge is 0.289 e. The Morgan fingerprint density at radius 3 is 2.88 bits per heavy atom. The fraction of sp³-hybridized carbons (Fsp3) is 0.438. The molecule has 2 atom stereocenters. The summed E-state index contributed by atoms with van der Waals surface area (Å²) in [5.41, 5.74) is 6.24. The highest BCUT2D eigenvalue weighted by Crippen LogP contribution is 2.28. The molecule has 1 fully saturated rings. The number of carbonyl (C=O) groups is 1. The van der Waals surface area contributed by atoms with Gasteiger partial charge in [-0.3, -0.25) is 14.9 Å². The van der Waals surface area contributed by atoms with Gasteiger partial charge in [0.25, 0.3) is 11.6 Å². The molecule has 0 aliphatic carbocycles. The summed E-state index contributed by atoms with van der Waals surface area (Å²) in [6.45, 7) is 3.23. The van der Waals surface area contributed by atoms with E-state index >= 15 is 0 Å². The van der Waals surface area contributed by atoms with Crippen molar-refractivity contribution in [1.82, 2.24) is 4.90 Å². The van der Waals surface area contributed by atoms with Gasteiger partial charge < -0.3 is 15.1 Å². The van der Waals surface area contributed by atoms with Crippen molar-refractivity contribution < 1.29 is 14.1 Å². The number of hydrogen-bond donors (Lipinski definition) is 1. The minimum atomic E-state index is -0.468. The number of fused-ring (bicyclic) bond motifs is 1. The molecule has 2 heterocycles. The van der Waals surface area contributed by atoms with Gasteiger partial charge in [0.15, 0.2) is 5.76 Å². The Hall–Kier alpha value is -2.12. The van der Waals surface area contributed by atoms with Crippen molar-refractivity contribution in [3.05, 3.63) is 40.1 Å². The zero-order valence-corrected chi connectivity index (χ0v) is 14.1. The second kappa shape index (κ2) is 7.19. The summed E-state index contributed by atoms with van der Waals surface area (Å²) in [5.74, 6) is 0.547. The lowest BCUT2D eigenvalue weighted by Gasteiger charge is -2.37. The number of halogens is 1. The third kappa shape index (κ3) is 3.37. The van der Waals surface area contributed by atoms with E-state index in [2.05, 4.69) is 6.92 Å². The molecule has 7 nitrogen and oxygen atoms in total. The predicted molar refractivity (Wildman–Crippen MR) is 92.4 cm³/mol. The molecular weight excluding hydrogens is 334 g/mol. The highest BCUT2D eigenvalue weighted by molar-refractivity contribution is 5.96. The molecule has 0 radical (unpaired) electrons. The Morgan fingerprint density at radius 1 is 1.46 bits per heavy atom. The van der Waals surface area contributed by atoms with Crippen LogP contribution in [0.4, 0.5) is 5.69 Å². The van der Waals surface area contributed by atoms with Crippen molar-refractivity contribution in [3.63, 3.8) is 0 Å². The molecule has 0 saturated carbocycles. The number of rotatable bonds is 3. The Labute approximate surface area is 145 Å². The average molecular weight is 354 g/mol. The molecule has 1 aromatic heterocycles. The lowest BCUT2D eigenvalue weighted by molar-refractivity contribution is -0.384. The summed E-state index contributed by atoms with van der Waals surface area (Å²) in [4.78, 5) is 24.8. The van der Waals surface area contributed by atoms with E-state index in [4.69, 9.17) is 10.2 Å². The standard InChI is InChI=1S/C16H19N3O4.ClH/c1-10-4-5-18(13(6-10)9-17)16(20)15-8-11-7-12(19(21)22)2-3-14(11)23-15;/h2-3,7-8,10,13H,4-6,9,17H2,1H3;1H. The third-order valence-electron chi connectivity index (χ3n) is 4.43. The van der Waals surface area contributed by atoms with Gasteiger partial charge in [0.05, 0.1) is 4.92 Å². The molecule has 1 aliphatic heterocycles. The first-order valence-electron chi connectivity index (χ1n) is 7.68. The molecule has 1 aliphatic rings. The van der Waals surface area contributed by atoms with Crippen LogP contribution < -0.4 is 5.73 Å². The number of non-ortho nitro benzene ring substituents is 1. The first kappa shape index (κ1) is 18.2. The van der Waals surface area contributed by atoms with Crippen molar-refractivity contribution in [2.45, 2.75) is 25.8 Å². The van der Waals surface area contributed by atoms with E-state index in [-0.39, 0.29) is 35.8 Å². The summed E-state index contributed by atoms with van der Waals surface area (Å²) in [5, 5.41) is 11.4. The number of piperidine rings is 1. The molecule has 8 heteroatoms. The second-order valence-electron chi connectivity index (χ2n) is 6.11. The van der Waals surface area contributed by atoms with Crippen molar-refractivity contribution >= 4 is 35.0 Å². The maximum absolute atomic E-state index is 12.7. The predicted octanol–water partition coefficient (Wildman–Crippen LogP) is 2.96. The first-order chi connectivity index (χ1) is 11.0. The maximum atomic E-state index is 12.7. The highest BCUT2D eigenvalue weighted by Gasteiger charge is 2.31.